The highest BCUT2D eigenvalue weighted by atomic mass is 35.5. The van der Waals surface area contributed by atoms with Crippen molar-refractivity contribution in [1.82, 2.24) is 4.98 Å². The molecular formula is C10H10ClN3O3S2. The summed E-state index contributed by atoms with van der Waals surface area (Å²) in [5, 5.41) is 17.6. The van der Waals surface area contributed by atoms with Gasteiger partial charge in [-0.1, -0.05) is 11.6 Å². The number of rotatable bonds is 4. The highest BCUT2D eigenvalue weighted by Crippen LogP contribution is 2.27. The maximum absolute atomic E-state index is 11.2. The molecule has 0 aliphatic heterocycles. The number of aromatic hydroxyl groups is 1. The number of nitrogens with two attached hydrogens (primary N) is 1. The lowest BCUT2D eigenvalue weighted by atomic mass is 10.3. The van der Waals surface area contributed by atoms with Crippen LogP contribution in [-0.4, -0.2) is 18.5 Å². The van der Waals surface area contributed by atoms with Crippen LogP contribution in [-0.2, 0) is 16.6 Å². The first-order valence-corrected chi connectivity index (χ1v) is 7.80. The first-order chi connectivity index (χ1) is 8.86. The van der Waals surface area contributed by atoms with Gasteiger partial charge in [-0.05, 0) is 18.2 Å². The number of phenolic OH excluding ortho intramolecular Hbond substituents is 1. The lowest BCUT2D eigenvalue weighted by molar-refractivity contribution is 0.476. The minimum Gasteiger partial charge on any atom is -0.506 e. The Balaban J connectivity index is 2.20. The number of phenols is 1. The van der Waals surface area contributed by atoms with E-state index in [1.54, 1.807) is 6.20 Å². The zero-order valence-corrected chi connectivity index (χ0v) is 11.9. The Morgan fingerprint density at radius 1 is 1.47 bits per heavy atom. The highest BCUT2D eigenvalue weighted by molar-refractivity contribution is 7.89. The van der Waals surface area contributed by atoms with Gasteiger partial charge < -0.3 is 10.4 Å². The Hall–Kier alpha value is -1.35. The van der Waals surface area contributed by atoms with E-state index in [-0.39, 0.29) is 16.3 Å². The molecule has 19 heavy (non-hydrogen) atoms. The molecule has 1 aromatic carbocycles. The van der Waals surface area contributed by atoms with Crippen molar-refractivity contribution >= 4 is 38.6 Å². The van der Waals surface area contributed by atoms with E-state index >= 15 is 0 Å². The third-order valence-electron chi connectivity index (χ3n) is 2.27. The molecule has 0 aliphatic carbocycles. The lowest BCUT2D eigenvalue weighted by Gasteiger charge is -2.08. The molecule has 0 amide bonds. The molecule has 0 saturated heterocycles. The molecule has 0 unspecified atom stereocenters. The number of nitrogens with zero attached hydrogens (tertiary/aromatic N) is 1. The van der Waals surface area contributed by atoms with Crippen LogP contribution < -0.4 is 10.5 Å². The molecule has 9 heteroatoms. The molecule has 0 saturated carbocycles. The molecule has 6 nitrogen and oxygen atoms in total. The average molecular weight is 320 g/mol. The van der Waals surface area contributed by atoms with E-state index in [1.807, 2.05) is 0 Å². The van der Waals surface area contributed by atoms with Crippen molar-refractivity contribution in [2.45, 2.75) is 11.4 Å². The standard InChI is InChI=1S/C10H10ClN3O3S2/c11-10-14-5-6(18-10)4-13-8-3-7(19(12,16)17)1-2-9(8)15/h1-3,5,13,15H,4H2,(H2,12,16,17). The van der Waals surface area contributed by atoms with Crippen LogP contribution in [0.2, 0.25) is 4.47 Å². The van der Waals surface area contributed by atoms with Crippen molar-refractivity contribution in [1.29, 1.82) is 0 Å². The lowest BCUT2D eigenvalue weighted by Crippen LogP contribution is -2.12. The molecule has 4 N–H and O–H groups in total. The fourth-order valence-electron chi connectivity index (χ4n) is 1.38. The fourth-order valence-corrected chi connectivity index (χ4v) is 2.84. The predicted molar refractivity (Wildman–Crippen MR) is 73.9 cm³/mol. The van der Waals surface area contributed by atoms with Crippen LogP contribution >= 0.6 is 22.9 Å². The van der Waals surface area contributed by atoms with Crippen molar-refractivity contribution in [3.8, 4) is 5.75 Å². The number of halogens is 1. The molecule has 0 radical (unpaired) electrons. The second-order valence-corrected chi connectivity index (χ2v) is 6.92. The summed E-state index contributed by atoms with van der Waals surface area (Å²) >= 11 is 6.98. The summed E-state index contributed by atoms with van der Waals surface area (Å²) in [6.07, 6.45) is 1.60. The summed E-state index contributed by atoms with van der Waals surface area (Å²) in [5.74, 6) is -0.0667. The zero-order valence-electron chi connectivity index (χ0n) is 9.50. The summed E-state index contributed by atoms with van der Waals surface area (Å²) in [5.41, 5.74) is 0.274. The molecule has 0 fully saturated rings. The van der Waals surface area contributed by atoms with Gasteiger partial charge in [0.05, 0.1) is 17.1 Å². The van der Waals surface area contributed by atoms with Gasteiger partial charge in [0, 0.05) is 11.1 Å². The quantitative estimate of drug-likeness (QED) is 0.745. The second-order valence-electron chi connectivity index (χ2n) is 3.66. The largest absolute Gasteiger partial charge is 0.506 e. The third-order valence-corrected chi connectivity index (χ3v) is 4.30. The van der Waals surface area contributed by atoms with Crippen LogP contribution in [0, 0.1) is 0 Å². The van der Waals surface area contributed by atoms with Gasteiger partial charge in [0.25, 0.3) is 0 Å². The van der Waals surface area contributed by atoms with E-state index in [0.717, 1.165) is 4.88 Å². The molecular weight excluding hydrogens is 310 g/mol. The second kappa shape index (κ2) is 5.33. The van der Waals surface area contributed by atoms with Crippen molar-refractivity contribution in [2.75, 3.05) is 5.32 Å². The van der Waals surface area contributed by atoms with Gasteiger partial charge in [-0.15, -0.1) is 11.3 Å². The van der Waals surface area contributed by atoms with Crippen molar-refractivity contribution in [3.63, 3.8) is 0 Å². The summed E-state index contributed by atoms with van der Waals surface area (Å²) in [7, 11) is -3.80. The monoisotopic (exact) mass is 319 g/mol. The van der Waals surface area contributed by atoms with E-state index in [1.165, 1.54) is 29.5 Å². The summed E-state index contributed by atoms with van der Waals surface area (Å²) in [6.45, 7) is 0.367. The molecule has 0 atom stereocenters. The van der Waals surface area contributed by atoms with Gasteiger partial charge >= 0.3 is 0 Å². The molecule has 2 rings (SSSR count). The number of hydrogen-bond donors (Lipinski definition) is 3. The van der Waals surface area contributed by atoms with Gasteiger partial charge in [0.1, 0.15) is 5.75 Å². The van der Waals surface area contributed by atoms with Gasteiger partial charge in [-0.3, -0.25) is 0 Å². The molecule has 102 valence electrons. The summed E-state index contributed by atoms with van der Waals surface area (Å²) in [4.78, 5) is 4.65. The summed E-state index contributed by atoms with van der Waals surface area (Å²) < 4.78 is 22.8. The molecule has 0 aliphatic rings. The van der Waals surface area contributed by atoms with Crippen molar-refractivity contribution < 1.29 is 13.5 Å². The number of benzene rings is 1. The normalized spacial score (nSPS) is 11.5. The molecule has 0 bridgehead atoms. The zero-order chi connectivity index (χ0) is 14.0. The topological polar surface area (TPSA) is 105 Å². The van der Waals surface area contributed by atoms with Crippen LogP contribution in [0.3, 0.4) is 0 Å². The van der Waals surface area contributed by atoms with Crippen molar-refractivity contribution in [2.24, 2.45) is 5.14 Å². The minimum atomic E-state index is -3.80. The smallest absolute Gasteiger partial charge is 0.238 e. The van der Waals surface area contributed by atoms with Crippen LogP contribution in [0.5, 0.6) is 5.75 Å². The van der Waals surface area contributed by atoms with Gasteiger partial charge in [0.15, 0.2) is 4.47 Å². The van der Waals surface area contributed by atoms with Gasteiger partial charge in [-0.25, -0.2) is 18.5 Å². The Labute approximate surface area is 118 Å². The van der Waals surface area contributed by atoms with Crippen LogP contribution in [0.25, 0.3) is 0 Å². The Bertz CT molecular complexity index is 700. The summed E-state index contributed by atoms with van der Waals surface area (Å²) in [6, 6.07) is 3.77. The third kappa shape index (κ3) is 3.57. The Morgan fingerprint density at radius 3 is 2.79 bits per heavy atom. The number of hydrogen-bond acceptors (Lipinski definition) is 6. The number of anilines is 1. The SMILES string of the molecule is NS(=O)(=O)c1ccc(O)c(NCc2cnc(Cl)s2)c1. The van der Waals surface area contributed by atoms with E-state index in [9.17, 15) is 13.5 Å². The number of thiazole rings is 1. The van der Waals surface area contributed by atoms with E-state index in [2.05, 4.69) is 10.3 Å². The average Bonchev–Trinajstić information content (AvgIpc) is 2.72. The first-order valence-electron chi connectivity index (χ1n) is 5.06. The number of aromatic nitrogens is 1. The number of primary sulfonamides is 1. The van der Waals surface area contributed by atoms with Gasteiger partial charge in [0.2, 0.25) is 10.0 Å². The highest BCUT2D eigenvalue weighted by Gasteiger charge is 2.11. The van der Waals surface area contributed by atoms with Crippen LogP contribution in [0.15, 0.2) is 29.3 Å². The minimum absolute atomic E-state index is 0.0667. The molecule has 1 aromatic heterocycles. The fraction of sp³-hybridized carbons (Fsp3) is 0.100. The predicted octanol–water partition coefficient (Wildman–Crippen LogP) is 1.76. The van der Waals surface area contributed by atoms with Crippen molar-refractivity contribution in [3.05, 3.63) is 33.7 Å². The van der Waals surface area contributed by atoms with E-state index in [0.29, 0.717) is 11.0 Å². The van der Waals surface area contributed by atoms with Crippen LogP contribution in [0.1, 0.15) is 4.88 Å². The first kappa shape index (κ1) is 14.1. The Kier molecular flexibility index (Phi) is 3.95. The van der Waals surface area contributed by atoms with Crippen LogP contribution in [0.4, 0.5) is 5.69 Å². The number of nitrogens with one attached hydrogen (secondary N) is 1. The maximum Gasteiger partial charge on any atom is 0.238 e. The van der Waals surface area contributed by atoms with Gasteiger partial charge in [-0.2, -0.15) is 0 Å². The molecule has 1 heterocycles. The number of sulfonamides is 1. The molecule has 0 spiro atoms. The van der Waals surface area contributed by atoms with E-state index < -0.39 is 10.0 Å². The maximum atomic E-state index is 11.2. The van der Waals surface area contributed by atoms with E-state index in [4.69, 9.17) is 16.7 Å². The Morgan fingerprint density at radius 2 is 2.21 bits per heavy atom. The molecule has 2 aromatic rings.